The molecule has 0 aromatic heterocycles. The molecule has 2 nitrogen and oxygen atoms in total. The van der Waals surface area contributed by atoms with Crippen LogP contribution in [0.4, 0.5) is 0 Å². The first kappa shape index (κ1) is 14.0. The van der Waals surface area contributed by atoms with Crippen molar-refractivity contribution in [2.75, 3.05) is 40.0 Å². The van der Waals surface area contributed by atoms with Crippen LogP contribution in [0.3, 0.4) is 0 Å². The van der Waals surface area contributed by atoms with Gasteiger partial charge in [-0.3, -0.25) is 0 Å². The smallest absolute Gasteiger partial charge is 0.246 e. The fourth-order valence-electron chi connectivity index (χ4n) is 0.742. The van der Waals surface area contributed by atoms with Gasteiger partial charge < -0.3 is 0 Å². The molecule has 0 radical (unpaired) electrons. The van der Waals surface area contributed by atoms with Gasteiger partial charge in [0.15, 0.2) is 0 Å². The monoisotopic (exact) mass is 262 g/mol. The molecule has 0 aromatic rings. The van der Waals surface area contributed by atoms with Crippen molar-refractivity contribution in [3.8, 4) is 0 Å². The average molecular weight is 263 g/mol. The van der Waals surface area contributed by atoms with E-state index in [-0.39, 0.29) is 0 Å². The summed E-state index contributed by atoms with van der Waals surface area (Å²) in [6.45, 7) is 12.4. The van der Waals surface area contributed by atoms with Gasteiger partial charge in [-0.15, -0.1) is 0 Å². The van der Waals surface area contributed by atoms with Crippen molar-refractivity contribution in [2.24, 2.45) is 9.49 Å². The predicted octanol–water partition coefficient (Wildman–Crippen LogP) is 4.26. The lowest BCUT2D eigenvalue weighted by Gasteiger charge is -2.18. The van der Waals surface area contributed by atoms with Gasteiger partial charge in [0.1, 0.15) is 0 Å². The molecule has 0 amide bonds. The van der Waals surface area contributed by atoms with Crippen molar-refractivity contribution >= 4 is 37.3 Å². The first-order chi connectivity index (χ1) is 5.41. The molecule has 0 aliphatic carbocycles. The Bertz CT molecular complexity index is 240. The maximum absolute atomic E-state index is 5.99. The zero-order chi connectivity index (χ0) is 10.9. The highest BCUT2D eigenvalue weighted by Gasteiger charge is 2.23. The maximum Gasteiger partial charge on any atom is 0.302 e. The molecule has 0 fully saturated rings. The number of nitrogens with zero attached hydrogens (tertiary/aromatic N) is 2. The van der Waals surface area contributed by atoms with E-state index >= 15 is 0 Å². The Morgan fingerprint density at radius 1 is 0.769 bits per heavy atom. The van der Waals surface area contributed by atoms with E-state index in [1.165, 1.54) is 0 Å². The van der Waals surface area contributed by atoms with Crippen LogP contribution in [0.5, 0.6) is 0 Å². The topological polar surface area (TPSA) is 24.7 Å². The van der Waals surface area contributed by atoms with Crippen LogP contribution < -0.4 is 0 Å². The molecular formula is C7H18Cl2N2P2. The second-order valence-corrected chi connectivity index (χ2v) is 14.0. The largest absolute Gasteiger partial charge is 0.302 e. The molecule has 0 rings (SSSR count). The van der Waals surface area contributed by atoms with E-state index in [4.69, 9.17) is 23.2 Å². The predicted molar refractivity (Wildman–Crippen MR) is 68.7 cm³/mol. The van der Waals surface area contributed by atoms with Gasteiger partial charge in [0.05, 0.1) is 0 Å². The molecule has 0 N–H and O–H groups in total. The molecule has 0 aliphatic rings. The van der Waals surface area contributed by atoms with Crippen molar-refractivity contribution in [3.63, 3.8) is 0 Å². The third-order valence-electron chi connectivity index (χ3n) is 0.841. The number of rotatable bonds is 2. The highest BCUT2D eigenvalue weighted by Crippen LogP contribution is 2.48. The fourth-order valence-corrected chi connectivity index (χ4v) is 5.07. The first-order valence-corrected chi connectivity index (χ1v) is 10.8. The summed E-state index contributed by atoms with van der Waals surface area (Å²) in [4.78, 5) is 0. The van der Waals surface area contributed by atoms with E-state index < -0.39 is 18.7 Å². The Labute approximate surface area is 91.5 Å². The quantitative estimate of drug-likeness (QED) is 0.404. The highest BCUT2D eigenvalue weighted by atomic mass is 35.5. The summed E-state index contributed by atoms with van der Waals surface area (Å²) >= 11 is 12.0. The van der Waals surface area contributed by atoms with Gasteiger partial charge in [0, 0.05) is 0 Å². The molecule has 0 atom stereocenters. The van der Waals surface area contributed by atoms with Gasteiger partial charge in [-0.05, 0) is 54.1 Å². The van der Waals surface area contributed by atoms with Crippen LogP contribution in [0, 0.1) is 0 Å². The van der Waals surface area contributed by atoms with Crippen molar-refractivity contribution in [1.82, 2.24) is 0 Å². The summed E-state index contributed by atoms with van der Waals surface area (Å²) in [6, 6.07) is 0. The summed E-state index contributed by atoms with van der Waals surface area (Å²) in [6.07, 6.45) is 0. The summed E-state index contributed by atoms with van der Waals surface area (Å²) in [5.41, 5.74) is 0. The maximum atomic E-state index is 5.99. The van der Waals surface area contributed by atoms with Gasteiger partial charge >= 0.3 is 4.58 Å². The summed E-state index contributed by atoms with van der Waals surface area (Å²) in [5, 5.41) is 0. The molecule has 80 valence electrons. The third-order valence-corrected chi connectivity index (χ3v) is 3.43. The lowest BCUT2D eigenvalue weighted by molar-refractivity contribution is 0.908. The standard InChI is InChI=1S/C7H18Cl2N2P2/c1-12(2,3)10-7(8,9)11-13(4,5)6/h1-6H3. The summed E-state index contributed by atoms with van der Waals surface area (Å²) in [5.74, 6) is 0. The van der Waals surface area contributed by atoms with Crippen molar-refractivity contribution in [3.05, 3.63) is 0 Å². The van der Waals surface area contributed by atoms with Gasteiger partial charge in [0.25, 0.3) is 0 Å². The number of hydrogen-bond donors (Lipinski definition) is 0. The Morgan fingerprint density at radius 3 is 1.15 bits per heavy atom. The van der Waals surface area contributed by atoms with Gasteiger partial charge in [-0.1, -0.05) is 23.2 Å². The van der Waals surface area contributed by atoms with Crippen LogP contribution in [0.25, 0.3) is 0 Å². The number of hydrogen-bond acceptors (Lipinski definition) is 2. The molecular weight excluding hydrogens is 245 g/mol. The van der Waals surface area contributed by atoms with E-state index in [1.54, 1.807) is 0 Å². The van der Waals surface area contributed by atoms with Crippen LogP contribution in [-0.4, -0.2) is 44.6 Å². The highest BCUT2D eigenvalue weighted by molar-refractivity contribution is 7.64. The lowest BCUT2D eigenvalue weighted by atomic mass is 11.2. The molecule has 0 aliphatic heterocycles. The van der Waals surface area contributed by atoms with Crippen molar-refractivity contribution in [2.45, 2.75) is 4.58 Å². The Kier molecular flexibility index (Phi) is 4.61. The Morgan fingerprint density at radius 2 is 1.00 bits per heavy atom. The minimum absolute atomic E-state index is 1.24. The van der Waals surface area contributed by atoms with Crippen LogP contribution in [0.1, 0.15) is 0 Å². The lowest BCUT2D eigenvalue weighted by Crippen LogP contribution is -2.03. The zero-order valence-corrected chi connectivity index (χ0v) is 12.3. The van der Waals surface area contributed by atoms with Crippen LogP contribution in [-0.2, 0) is 0 Å². The molecule has 6 heteroatoms. The van der Waals surface area contributed by atoms with Gasteiger partial charge in [-0.25, -0.2) is 9.49 Å². The van der Waals surface area contributed by atoms with E-state index in [0.29, 0.717) is 0 Å². The Balaban J connectivity index is 5.04. The molecule has 13 heavy (non-hydrogen) atoms. The van der Waals surface area contributed by atoms with Crippen LogP contribution >= 0.6 is 37.3 Å². The van der Waals surface area contributed by atoms with E-state index in [2.05, 4.69) is 49.5 Å². The molecule has 0 spiro atoms. The molecule has 0 unspecified atom stereocenters. The zero-order valence-electron chi connectivity index (χ0n) is 9.04. The molecule has 0 saturated heterocycles. The number of alkyl halides is 2. The van der Waals surface area contributed by atoms with Crippen molar-refractivity contribution < 1.29 is 0 Å². The fraction of sp³-hybridized carbons (Fsp3) is 1.00. The molecule has 0 heterocycles. The Hall–Kier alpha value is 1.04. The van der Waals surface area contributed by atoms with E-state index in [0.717, 1.165) is 0 Å². The van der Waals surface area contributed by atoms with Crippen LogP contribution in [0.15, 0.2) is 9.49 Å². The third kappa shape index (κ3) is 9.35. The second kappa shape index (κ2) is 4.27. The normalized spacial score (nSPS) is 14.2. The molecule has 0 bridgehead atoms. The minimum Gasteiger partial charge on any atom is -0.246 e. The molecule has 0 saturated carbocycles. The first-order valence-electron chi connectivity index (χ1n) is 3.91. The average Bonchev–Trinajstić information content (AvgIpc) is 1.43. The van der Waals surface area contributed by atoms with E-state index in [1.807, 2.05) is 0 Å². The summed E-state index contributed by atoms with van der Waals surface area (Å²) < 4.78 is 7.42. The van der Waals surface area contributed by atoms with E-state index in [9.17, 15) is 0 Å². The second-order valence-electron chi connectivity index (χ2n) is 4.59. The van der Waals surface area contributed by atoms with Crippen molar-refractivity contribution in [1.29, 1.82) is 0 Å². The number of halogens is 2. The summed E-state index contributed by atoms with van der Waals surface area (Å²) in [7, 11) is -2.68. The SMILES string of the molecule is CP(C)(C)=NC(Cl)(Cl)N=P(C)(C)C. The van der Waals surface area contributed by atoms with Gasteiger partial charge in [0.2, 0.25) is 0 Å². The minimum atomic E-state index is -1.34. The van der Waals surface area contributed by atoms with Crippen LogP contribution in [0.2, 0.25) is 0 Å². The molecule has 0 aromatic carbocycles. The van der Waals surface area contributed by atoms with Gasteiger partial charge in [-0.2, -0.15) is 0 Å².